The van der Waals surface area contributed by atoms with Crippen LogP contribution in [0.15, 0.2) is 35.4 Å². The highest BCUT2D eigenvalue weighted by Crippen LogP contribution is 2.33. The second-order valence-corrected chi connectivity index (χ2v) is 10.7. The van der Waals surface area contributed by atoms with Crippen LogP contribution in [-0.2, 0) is 14.3 Å². The Kier molecular flexibility index (Phi) is 8.77. The van der Waals surface area contributed by atoms with Gasteiger partial charge in [0.05, 0.1) is 24.1 Å². The van der Waals surface area contributed by atoms with Crippen molar-refractivity contribution in [1.82, 2.24) is 24.4 Å². The number of aliphatic hydroxyl groups excluding tert-OH is 2. The van der Waals surface area contributed by atoms with E-state index in [0.29, 0.717) is 30.5 Å². The van der Waals surface area contributed by atoms with E-state index >= 15 is 0 Å². The monoisotopic (exact) mass is 582 g/mol. The van der Waals surface area contributed by atoms with Crippen LogP contribution in [0.25, 0.3) is 11.2 Å². The van der Waals surface area contributed by atoms with Gasteiger partial charge >= 0.3 is 0 Å². The van der Waals surface area contributed by atoms with E-state index in [1.165, 1.54) is 15.8 Å². The predicted molar refractivity (Wildman–Crippen MR) is 149 cm³/mol. The van der Waals surface area contributed by atoms with E-state index in [1.54, 1.807) is 38.1 Å². The highest BCUT2D eigenvalue weighted by atomic mass is 16.6. The first kappa shape index (κ1) is 29.5. The van der Waals surface area contributed by atoms with Gasteiger partial charge in [-0.2, -0.15) is 4.98 Å². The molecule has 2 aliphatic rings. The zero-order valence-electron chi connectivity index (χ0n) is 23.4. The summed E-state index contributed by atoms with van der Waals surface area (Å²) in [6.07, 6.45) is 0.202. The van der Waals surface area contributed by atoms with Crippen molar-refractivity contribution < 1.29 is 34.1 Å². The average molecular weight is 583 g/mol. The Bertz CT molecular complexity index is 1500. The third kappa shape index (κ3) is 5.70. The SMILES string of the molecule is CC(C)C(=O)Nc1nc2c(ncn2[C@@H]2O[C@H](CO)C(O)[C@@H]2OCCCCCCN2C(=O)c3ccccc3C2=O)c(=O)[nH]1. The van der Waals surface area contributed by atoms with Crippen LogP contribution in [0.3, 0.4) is 0 Å². The number of ether oxygens (including phenoxy) is 2. The van der Waals surface area contributed by atoms with E-state index in [-0.39, 0.29) is 47.4 Å². The van der Waals surface area contributed by atoms with Crippen LogP contribution in [0, 0.1) is 5.92 Å². The van der Waals surface area contributed by atoms with Crippen LogP contribution >= 0.6 is 0 Å². The molecule has 0 spiro atoms. The molecule has 4 atom stereocenters. The minimum Gasteiger partial charge on any atom is -0.394 e. The maximum atomic E-state index is 12.6. The molecule has 14 heteroatoms. The fraction of sp³-hybridized carbons (Fsp3) is 0.500. The van der Waals surface area contributed by atoms with E-state index in [4.69, 9.17) is 9.47 Å². The van der Waals surface area contributed by atoms with Crippen molar-refractivity contribution in [3.05, 3.63) is 52.1 Å². The van der Waals surface area contributed by atoms with Crippen LogP contribution in [-0.4, -0.2) is 90.4 Å². The predicted octanol–water partition coefficient (Wildman–Crippen LogP) is 1.21. The van der Waals surface area contributed by atoms with Gasteiger partial charge < -0.3 is 19.7 Å². The first-order valence-electron chi connectivity index (χ1n) is 14.0. The second-order valence-electron chi connectivity index (χ2n) is 10.7. The Morgan fingerprint density at radius 3 is 2.48 bits per heavy atom. The highest BCUT2D eigenvalue weighted by molar-refractivity contribution is 6.21. The number of hydrogen-bond acceptors (Lipinski definition) is 10. The van der Waals surface area contributed by atoms with Gasteiger partial charge in [0.1, 0.15) is 18.3 Å². The van der Waals surface area contributed by atoms with E-state index in [2.05, 4.69) is 20.3 Å². The number of rotatable bonds is 12. The summed E-state index contributed by atoms with van der Waals surface area (Å²) < 4.78 is 13.3. The summed E-state index contributed by atoms with van der Waals surface area (Å²) in [6, 6.07) is 6.80. The zero-order chi connectivity index (χ0) is 30.0. The topological polar surface area (TPSA) is 189 Å². The number of amides is 3. The molecule has 0 aliphatic carbocycles. The smallest absolute Gasteiger partial charge is 0.280 e. The number of carbonyl (C=O) groups excluding carboxylic acids is 3. The summed E-state index contributed by atoms with van der Waals surface area (Å²) in [5, 5.41) is 23.1. The molecule has 1 saturated heterocycles. The molecule has 3 amide bonds. The van der Waals surface area contributed by atoms with Crippen molar-refractivity contribution in [2.75, 3.05) is 25.1 Å². The molecule has 1 unspecified atom stereocenters. The molecule has 1 fully saturated rings. The molecule has 42 heavy (non-hydrogen) atoms. The third-order valence-corrected chi connectivity index (χ3v) is 7.43. The summed E-state index contributed by atoms with van der Waals surface area (Å²) in [6.45, 7) is 3.56. The number of nitrogens with zero attached hydrogens (tertiary/aromatic N) is 4. The summed E-state index contributed by atoms with van der Waals surface area (Å²) >= 11 is 0. The zero-order valence-corrected chi connectivity index (χ0v) is 23.4. The lowest BCUT2D eigenvalue weighted by atomic mass is 10.1. The number of fused-ring (bicyclic) bond motifs is 2. The van der Waals surface area contributed by atoms with E-state index in [9.17, 15) is 29.4 Å². The number of aliphatic hydroxyl groups is 2. The van der Waals surface area contributed by atoms with Crippen LogP contribution in [0.1, 0.15) is 66.5 Å². The Labute approximate surface area is 240 Å². The largest absolute Gasteiger partial charge is 0.394 e. The van der Waals surface area contributed by atoms with Gasteiger partial charge in [-0.1, -0.05) is 38.8 Å². The number of nitrogens with one attached hydrogen (secondary N) is 2. The van der Waals surface area contributed by atoms with Crippen molar-refractivity contribution in [3.8, 4) is 0 Å². The van der Waals surface area contributed by atoms with Gasteiger partial charge in [0.25, 0.3) is 17.4 Å². The van der Waals surface area contributed by atoms with Crippen LogP contribution in [0.4, 0.5) is 5.95 Å². The molecule has 3 aromatic rings. The van der Waals surface area contributed by atoms with Gasteiger partial charge in [-0.05, 0) is 25.0 Å². The van der Waals surface area contributed by atoms with E-state index in [0.717, 1.165) is 12.8 Å². The van der Waals surface area contributed by atoms with Crippen LogP contribution < -0.4 is 10.9 Å². The Morgan fingerprint density at radius 2 is 1.81 bits per heavy atom. The van der Waals surface area contributed by atoms with Crippen molar-refractivity contribution >= 4 is 34.8 Å². The van der Waals surface area contributed by atoms with Gasteiger partial charge in [-0.15, -0.1) is 0 Å². The molecule has 4 N–H and O–H groups in total. The first-order chi connectivity index (χ1) is 20.2. The van der Waals surface area contributed by atoms with Crippen molar-refractivity contribution in [1.29, 1.82) is 0 Å². The number of benzene rings is 1. The molecule has 0 saturated carbocycles. The number of aromatic amines is 1. The van der Waals surface area contributed by atoms with Crippen molar-refractivity contribution in [3.63, 3.8) is 0 Å². The summed E-state index contributed by atoms with van der Waals surface area (Å²) in [5.41, 5.74) is 0.445. The van der Waals surface area contributed by atoms with Crippen LogP contribution in [0.5, 0.6) is 0 Å². The van der Waals surface area contributed by atoms with Gasteiger partial charge in [-0.3, -0.25) is 38.9 Å². The summed E-state index contributed by atoms with van der Waals surface area (Å²) in [4.78, 5) is 62.0. The Balaban J connectivity index is 1.18. The lowest BCUT2D eigenvalue weighted by molar-refractivity contribution is -0.118. The number of carbonyl (C=O) groups is 3. The normalized spacial score (nSPS) is 22.0. The van der Waals surface area contributed by atoms with Gasteiger partial charge in [-0.25, -0.2) is 4.98 Å². The van der Waals surface area contributed by atoms with Crippen molar-refractivity contribution in [2.45, 2.75) is 64.1 Å². The molecule has 224 valence electrons. The quantitative estimate of drug-likeness (QED) is 0.178. The minimum absolute atomic E-state index is 0.0138. The summed E-state index contributed by atoms with van der Waals surface area (Å²) in [7, 11) is 0. The highest BCUT2D eigenvalue weighted by Gasteiger charge is 2.46. The van der Waals surface area contributed by atoms with Crippen LogP contribution in [0.2, 0.25) is 0 Å². The Hall–Kier alpha value is -3.98. The molecular weight excluding hydrogens is 548 g/mol. The number of anilines is 1. The molecular formula is C28H34N6O8. The Morgan fingerprint density at radius 1 is 1.12 bits per heavy atom. The third-order valence-electron chi connectivity index (χ3n) is 7.43. The molecule has 0 bridgehead atoms. The molecule has 1 aromatic carbocycles. The molecule has 2 aliphatic heterocycles. The number of imidazole rings is 1. The van der Waals surface area contributed by atoms with E-state index in [1.807, 2.05) is 0 Å². The fourth-order valence-corrected chi connectivity index (χ4v) is 5.09. The number of hydrogen-bond donors (Lipinski definition) is 4. The molecule has 2 aromatic heterocycles. The molecule has 14 nitrogen and oxygen atoms in total. The number of aromatic nitrogens is 4. The maximum absolute atomic E-state index is 12.6. The van der Waals surface area contributed by atoms with Crippen molar-refractivity contribution in [2.24, 2.45) is 5.92 Å². The molecule has 5 rings (SSSR count). The summed E-state index contributed by atoms with van der Waals surface area (Å²) in [5.74, 6) is -1.26. The standard InChI is InChI=1S/C28H34N6O8/c1-15(2)23(37)31-28-30-22-19(24(38)32-28)29-14-34(22)27-21(20(36)18(13-35)42-27)41-12-8-4-3-7-11-33-25(39)16-9-5-6-10-17(16)26(33)40/h5-6,9-10,14-15,18,20-21,27,35-36H,3-4,7-8,11-13H2,1-2H3,(H2,30,31,32,37,38)/t18-,20?,21+,27-/m1/s1. The van der Waals surface area contributed by atoms with Gasteiger partial charge in [0.15, 0.2) is 17.4 Å². The van der Waals surface area contributed by atoms with Gasteiger partial charge in [0.2, 0.25) is 11.9 Å². The average Bonchev–Trinajstić information content (AvgIpc) is 3.61. The lowest BCUT2D eigenvalue weighted by Crippen LogP contribution is -2.35. The number of H-pyrrole nitrogens is 1. The molecule has 0 radical (unpaired) electrons. The lowest BCUT2D eigenvalue weighted by Gasteiger charge is -2.22. The fourth-order valence-electron chi connectivity index (χ4n) is 5.09. The van der Waals surface area contributed by atoms with E-state index < -0.39 is 36.7 Å². The second kappa shape index (κ2) is 12.5. The maximum Gasteiger partial charge on any atom is 0.280 e. The van der Waals surface area contributed by atoms with Gasteiger partial charge in [0, 0.05) is 19.1 Å². The number of imide groups is 1. The first-order valence-corrected chi connectivity index (χ1v) is 14.0. The minimum atomic E-state index is -1.16. The number of unbranched alkanes of at least 4 members (excludes halogenated alkanes) is 3. The molecule has 4 heterocycles.